The lowest BCUT2D eigenvalue weighted by Gasteiger charge is -2.22. The van der Waals surface area contributed by atoms with Gasteiger partial charge in [0.25, 0.3) is 0 Å². The number of hydrogen-bond donors (Lipinski definition) is 2. The molecule has 4 rings (SSSR count). The van der Waals surface area contributed by atoms with E-state index in [9.17, 15) is 14.4 Å². The van der Waals surface area contributed by atoms with E-state index in [2.05, 4.69) is 5.32 Å². The van der Waals surface area contributed by atoms with E-state index in [1.165, 1.54) is 38.3 Å². The van der Waals surface area contributed by atoms with Crippen molar-refractivity contribution in [2.24, 2.45) is 11.8 Å². The molecule has 2 saturated carbocycles. The predicted octanol–water partition coefficient (Wildman–Crippen LogP) is 4.00. The molecule has 0 amide bonds. The van der Waals surface area contributed by atoms with Crippen LogP contribution in [-0.2, 0) is 6.54 Å². The lowest BCUT2D eigenvalue weighted by atomic mass is 9.85. The van der Waals surface area contributed by atoms with E-state index in [0.29, 0.717) is 23.7 Å². The first kappa shape index (κ1) is 17.8. The maximum Gasteiger partial charge on any atom is 0.209 e. The van der Waals surface area contributed by atoms with Gasteiger partial charge in [-0.05, 0) is 31.2 Å². The monoisotopic (exact) mass is 368 g/mol. The minimum Gasteiger partial charge on any atom is -0.396 e. The fraction of sp³-hybridized carbons (Fsp3) is 0.524. The quantitative estimate of drug-likeness (QED) is 0.799. The molecular formula is C21H25FN4O. The van der Waals surface area contributed by atoms with Gasteiger partial charge in [0.1, 0.15) is 11.6 Å². The maximum atomic E-state index is 14.9. The molecule has 1 aromatic carbocycles. The minimum atomic E-state index is -0.591. The van der Waals surface area contributed by atoms with Gasteiger partial charge in [0.15, 0.2) is 5.82 Å². The molecule has 0 aliphatic heterocycles. The van der Waals surface area contributed by atoms with Gasteiger partial charge in [-0.3, -0.25) is 4.79 Å². The molecule has 2 atom stereocenters. The molecular weight excluding hydrogens is 343 g/mol. The van der Waals surface area contributed by atoms with Crippen molar-refractivity contribution < 1.29 is 4.39 Å². The topological polar surface area (TPSA) is 83.8 Å². The number of nitrogens with two attached hydrogens (primary N) is 1. The van der Waals surface area contributed by atoms with Gasteiger partial charge in [-0.15, -0.1) is 0 Å². The molecule has 1 aromatic heterocycles. The summed E-state index contributed by atoms with van der Waals surface area (Å²) in [6.07, 6.45) is 9.07. The van der Waals surface area contributed by atoms with E-state index in [-0.39, 0.29) is 22.7 Å². The first-order valence-corrected chi connectivity index (χ1v) is 9.86. The summed E-state index contributed by atoms with van der Waals surface area (Å²) in [5, 5.41) is 12.6. The van der Waals surface area contributed by atoms with E-state index in [0.717, 1.165) is 12.3 Å². The number of aromatic nitrogens is 1. The first-order valence-electron chi connectivity index (χ1n) is 9.86. The van der Waals surface area contributed by atoms with Crippen molar-refractivity contribution in [2.75, 3.05) is 11.1 Å². The van der Waals surface area contributed by atoms with Crippen molar-refractivity contribution >= 4 is 22.3 Å². The molecule has 1 heterocycles. The molecule has 0 bridgehead atoms. The fourth-order valence-electron chi connectivity index (χ4n) is 4.66. The minimum absolute atomic E-state index is 0.0179. The van der Waals surface area contributed by atoms with Crippen LogP contribution in [0.2, 0.25) is 0 Å². The number of anilines is 2. The number of aryl methyl sites for hydroxylation is 1. The van der Waals surface area contributed by atoms with Crippen LogP contribution in [0.15, 0.2) is 17.1 Å². The van der Waals surface area contributed by atoms with Gasteiger partial charge >= 0.3 is 0 Å². The molecule has 3 N–H and O–H groups in total. The zero-order chi connectivity index (χ0) is 19.1. The fourth-order valence-corrected chi connectivity index (χ4v) is 4.66. The van der Waals surface area contributed by atoms with E-state index >= 15 is 0 Å². The first-order chi connectivity index (χ1) is 13.0. The smallest absolute Gasteiger partial charge is 0.209 e. The van der Waals surface area contributed by atoms with Crippen molar-refractivity contribution in [1.82, 2.24) is 4.57 Å². The van der Waals surface area contributed by atoms with Crippen LogP contribution in [0.3, 0.4) is 0 Å². The molecule has 2 aliphatic carbocycles. The second-order valence-corrected chi connectivity index (χ2v) is 7.86. The molecule has 0 saturated heterocycles. The standard InChI is InChI=1S/C21H25FN4O/c1-2-26-11-13(10-23)21(27)18-17(26)9-16(19(22)20(18)24)25-15-8-14(15)12-6-4-3-5-7-12/h9,11-12,14-15,25H,2-8,24H2,1H3. The molecule has 2 unspecified atom stereocenters. The second-order valence-electron chi connectivity index (χ2n) is 7.86. The third kappa shape index (κ3) is 3.05. The summed E-state index contributed by atoms with van der Waals surface area (Å²) in [6, 6.07) is 3.83. The zero-order valence-corrected chi connectivity index (χ0v) is 15.6. The summed E-state index contributed by atoms with van der Waals surface area (Å²) in [5.41, 5.74) is 6.23. The highest BCUT2D eigenvalue weighted by Crippen LogP contribution is 2.46. The third-order valence-electron chi connectivity index (χ3n) is 6.24. The van der Waals surface area contributed by atoms with Crippen molar-refractivity contribution in [1.29, 1.82) is 5.26 Å². The number of fused-ring (bicyclic) bond motifs is 1. The molecule has 27 heavy (non-hydrogen) atoms. The number of benzene rings is 1. The Bertz CT molecular complexity index is 985. The number of nitrogens with one attached hydrogen (secondary N) is 1. The average Bonchev–Trinajstić information content (AvgIpc) is 3.46. The lowest BCUT2D eigenvalue weighted by Crippen LogP contribution is -2.18. The van der Waals surface area contributed by atoms with E-state index in [1.54, 1.807) is 10.6 Å². The number of hydrogen-bond acceptors (Lipinski definition) is 4. The Morgan fingerprint density at radius 3 is 2.78 bits per heavy atom. The van der Waals surface area contributed by atoms with Crippen LogP contribution < -0.4 is 16.5 Å². The number of pyridine rings is 1. The lowest BCUT2D eigenvalue weighted by molar-refractivity contribution is 0.320. The van der Waals surface area contributed by atoms with Gasteiger partial charge in [0.05, 0.1) is 22.3 Å². The summed E-state index contributed by atoms with van der Waals surface area (Å²) in [4.78, 5) is 12.5. The molecule has 2 aliphatic rings. The Kier molecular flexibility index (Phi) is 4.55. The van der Waals surface area contributed by atoms with Gasteiger partial charge in [0, 0.05) is 18.8 Å². The molecule has 0 spiro atoms. The average molecular weight is 368 g/mol. The molecule has 5 nitrogen and oxygen atoms in total. The highest BCUT2D eigenvalue weighted by atomic mass is 19.1. The van der Waals surface area contributed by atoms with Gasteiger partial charge in [-0.2, -0.15) is 5.26 Å². The van der Waals surface area contributed by atoms with Gasteiger partial charge in [-0.1, -0.05) is 32.1 Å². The van der Waals surface area contributed by atoms with Gasteiger partial charge < -0.3 is 15.6 Å². The van der Waals surface area contributed by atoms with Crippen molar-refractivity contribution in [2.45, 2.75) is 58.0 Å². The summed E-state index contributed by atoms with van der Waals surface area (Å²) in [7, 11) is 0. The predicted molar refractivity (Wildman–Crippen MR) is 105 cm³/mol. The molecule has 2 fully saturated rings. The Labute approximate surface area is 158 Å². The van der Waals surface area contributed by atoms with Crippen molar-refractivity contribution in [3.63, 3.8) is 0 Å². The Hall–Kier alpha value is -2.55. The van der Waals surface area contributed by atoms with E-state index in [1.807, 2.05) is 13.0 Å². The number of nitrogens with zero attached hydrogens (tertiary/aromatic N) is 2. The van der Waals surface area contributed by atoms with Crippen LogP contribution in [0.25, 0.3) is 10.9 Å². The van der Waals surface area contributed by atoms with Crippen LogP contribution in [0.4, 0.5) is 15.8 Å². The normalized spacial score (nSPS) is 22.6. The third-order valence-corrected chi connectivity index (χ3v) is 6.24. The Morgan fingerprint density at radius 2 is 2.11 bits per heavy atom. The summed E-state index contributed by atoms with van der Waals surface area (Å²) in [5.74, 6) is 0.756. The van der Waals surface area contributed by atoms with Crippen molar-refractivity contribution in [3.05, 3.63) is 33.9 Å². The number of rotatable bonds is 4. The molecule has 6 heteroatoms. The second kappa shape index (κ2) is 6.88. The van der Waals surface area contributed by atoms with Gasteiger partial charge in [0.2, 0.25) is 5.43 Å². The largest absolute Gasteiger partial charge is 0.396 e. The number of halogens is 1. The highest BCUT2D eigenvalue weighted by molar-refractivity contribution is 5.95. The number of nitrogen functional groups attached to an aromatic ring is 1. The van der Waals surface area contributed by atoms with E-state index < -0.39 is 11.2 Å². The Morgan fingerprint density at radius 1 is 1.37 bits per heavy atom. The summed E-state index contributed by atoms with van der Waals surface area (Å²) in [6.45, 7) is 2.47. The van der Waals surface area contributed by atoms with Crippen LogP contribution in [0.1, 0.15) is 51.0 Å². The van der Waals surface area contributed by atoms with Crippen LogP contribution >= 0.6 is 0 Å². The van der Waals surface area contributed by atoms with Crippen LogP contribution in [0, 0.1) is 29.0 Å². The van der Waals surface area contributed by atoms with Crippen LogP contribution in [0.5, 0.6) is 0 Å². The SMILES string of the molecule is CCn1cc(C#N)c(=O)c2c(N)c(F)c(NC3CC3C3CCCCC3)cc21. The maximum absolute atomic E-state index is 14.9. The molecule has 142 valence electrons. The number of nitriles is 1. The molecule has 0 radical (unpaired) electrons. The van der Waals surface area contributed by atoms with Crippen LogP contribution in [-0.4, -0.2) is 10.6 Å². The van der Waals surface area contributed by atoms with E-state index in [4.69, 9.17) is 5.73 Å². The zero-order valence-electron chi connectivity index (χ0n) is 15.6. The highest BCUT2D eigenvalue weighted by Gasteiger charge is 2.43. The summed E-state index contributed by atoms with van der Waals surface area (Å²) >= 11 is 0. The van der Waals surface area contributed by atoms with Crippen molar-refractivity contribution in [3.8, 4) is 6.07 Å². The Balaban J connectivity index is 1.69. The summed E-state index contributed by atoms with van der Waals surface area (Å²) < 4.78 is 16.7. The molecule has 2 aromatic rings. The van der Waals surface area contributed by atoms with Gasteiger partial charge in [-0.25, -0.2) is 4.39 Å².